The second-order valence-corrected chi connectivity index (χ2v) is 6.27. The van der Waals surface area contributed by atoms with Crippen LogP contribution in [-0.2, 0) is 0 Å². The van der Waals surface area contributed by atoms with Crippen LogP contribution in [-0.4, -0.2) is 55.6 Å². The lowest BCUT2D eigenvalue weighted by Crippen LogP contribution is -2.34. The van der Waals surface area contributed by atoms with E-state index < -0.39 is 0 Å². The van der Waals surface area contributed by atoms with Gasteiger partial charge in [0.05, 0.1) is 0 Å². The monoisotopic (exact) mass is 227 g/mol. The Labute approximate surface area is 101 Å². The zero-order valence-corrected chi connectivity index (χ0v) is 11.5. The quantitative estimate of drug-likeness (QED) is 0.744. The highest BCUT2D eigenvalue weighted by molar-refractivity contribution is 4.76. The normalized spacial score (nSPS) is 23.2. The number of nitrogens with zero attached hydrogens (tertiary/aromatic N) is 2. The Bertz CT molecular complexity index is 198. The fourth-order valence-electron chi connectivity index (χ4n) is 2.51. The minimum atomic E-state index is -0.00554. The van der Waals surface area contributed by atoms with Gasteiger partial charge in [0.25, 0.3) is 0 Å². The molecule has 0 aromatic rings. The van der Waals surface area contributed by atoms with Crippen molar-refractivity contribution < 1.29 is 0 Å². The predicted octanol–water partition coefficient (Wildman–Crippen LogP) is 1.39. The van der Waals surface area contributed by atoms with E-state index in [1.165, 1.54) is 39.0 Å². The van der Waals surface area contributed by atoms with Crippen LogP contribution in [0.25, 0.3) is 0 Å². The standard InChI is InChI=1S/C13H29N3/c1-13(2,14)7-5-8-15(3)10-12-6-9-16(4)11-12/h12H,5-11,14H2,1-4H3. The van der Waals surface area contributed by atoms with Crippen molar-refractivity contribution in [1.82, 2.24) is 9.80 Å². The topological polar surface area (TPSA) is 32.5 Å². The molecule has 16 heavy (non-hydrogen) atoms. The van der Waals surface area contributed by atoms with Gasteiger partial charge in [-0.25, -0.2) is 0 Å². The summed E-state index contributed by atoms with van der Waals surface area (Å²) in [6.45, 7) is 9.19. The number of rotatable bonds is 6. The molecule has 0 amide bonds. The number of hydrogen-bond acceptors (Lipinski definition) is 3. The van der Waals surface area contributed by atoms with Gasteiger partial charge >= 0.3 is 0 Å². The fourth-order valence-corrected chi connectivity index (χ4v) is 2.51. The number of nitrogens with two attached hydrogens (primary N) is 1. The Morgan fingerprint density at radius 2 is 2.12 bits per heavy atom. The first-order valence-electron chi connectivity index (χ1n) is 6.53. The van der Waals surface area contributed by atoms with Crippen molar-refractivity contribution in [3.63, 3.8) is 0 Å². The van der Waals surface area contributed by atoms with Gasteiger partial charge in [0, 0.05) is 18.6 Å². The summed E-state index contributed by atoms with van der Waals surface area (Å²) >= 11 is 0. The SMILES string of the molecule is CN(CCCC(C)(C)N)CC1CCN(C)C1. The van der Waals surface area contributed by atoms with Gasteiger partial charge in [-0.3, -0.25) is 0 Å². The minimum Gasteiger partial charge on any atom is -0.326 e. The summed E-state index contributed by atoms with van der Waals surface area (Å²) in [4.78, 5) is 4.90. The van der Waals surface area contributed by atoms with Gasteiger partial charge in [-0.1, -0.05) is 0 Å². The van der Waals surface area contributed by atoms with Crippen LogP contribution in [0, 0.1) is 5.92 Å². The highest BCUT2D eigenvalue weighted by atomic mass is 15.1. The summed E-state index contributed by atoms with van der Waals surface area (Å²) in [7, 11) is 4.46. The number of likely N-dealkylation sites (tertiary alicyclic amines) is 1. The van der Waals surface area contributed by atoms with Gasteiger partial charge in [0.1, 0.15) is 0 Å². The second-order valence-electron chi connectivity index (χ2n) is 6.27. The average Bonchev–Trinajstić information content (AvgIpc) is 2.48. The summed E-state index contributed by atoms with van der Waals surface area (Å²) in [6, 6.07) is 0. The zero-order chi connectivity index (χ0) is 12.2. The molecule has 1 aliphatic rings. The van der Waals surface area contributed by atoms with E-state index in [1.807, 2.05) is 0 Å². The molecule has 0 aliphatic carbocycles. The van der Waals surface area contributed by atoms with E-state index in [9.17, 15) is 0 Å². The summed E-state index contributed by atoms with van der Waals surface area (Å²) in [5.74, 6) is 0.876. The molecule has 0 aromatic heterocycles. The lowest BCUT2D eigenvalue weighted by atomic mass is 10.00. The smallest absolute Gasteiger partial charge is 0.00975 e. The Kier molecular flexibility index (Phi) is 5.22. The van der Waals surface area contributed by atoms with Crippen molar-refractivity contribution >= 4 is 0 Å². The molecular formula is C13H29N3. The molecule has 1 unspecified atom stereocenters. The highest BCUT2D eigenvalue weighted by Gasteiger charge is 2.20. The molecule has 3 heteroatoms. The van der Waals surface area contributed by atoms with Gasteiger partial charge in [-0.2, -0.15) is 0 Å². The van der Waals surface area contributed by atoms with E-state index in [2.05, 4.69) is 37.7 Å². The molecule has 0 spiro atoms. The predicted molar refractivity (Wildman–Crippen MR) is 70.6 cm³/mol. The van der Waals surface area contributed by atoms with Crippen molar-refractivity contribution in [2.45, 2.75) is 38.6 Å². The Morgan fingerprint density at radius 1 is 1.44 bits per heavy atom. The molecule has 0 aromatic carbocycles. The first-order valence-corrected chi connectivity index (χ1v) is 6.53. The molecule has 96 valence electrons. The molecule has 3 nitrogen and oxygen atoms in total. The van der Waals surface area contributed by atoms with Crippen molar-refractivity contribution in [2.24, 2.45) is 11.7 Å². The summed E-state index contributed by atoms with van der Waals surface area (Å²) in [5.41, 5.74) is 5.97. The third-order valence-electron chi connectivity index (χ3n) is 3.42. The van der Waals surface area contributed by atoms with E-state index >= 15 is 0 Å². The fraction of sp³-hybridized carbons (Fsp3) is 1.00. The minimum absolute atomic E-state index is 0.00554. The van der Waals surface area contributed by atoms with Gasteiger partial charge in [-0.15, -0.1) is 0 Å². The molecule has 1 atom stereocenters. The number of hydrogen-bond donors (Lipinski definition) is 1. The van der Waals surface area contributed by atoms with Crippen molar-refractivity contribution in [3.8, 4) is 0 Å². The molecule has 0 saturated carbocycles. The van der Waals surface area contributed by atoms with Gasteiger partial charge in [0.15, 0.2) is 0 Å². The summed E-state index contributed by atoms with van der Waals surface area (Å²) in [6.07, 6.45) is 3.69. The molecule has 2 N–H and O–H groups in total. The molecular weight excluding hydrogens is 198 g/mol. The van der Waals surface area contributed by atoms with E-state index in [0.29, 0.717) is 0 Å². The first kappa shape index (κ1) is 13.9. The maximum Gasteiger partial charge on any atom is 0.00975 e. The Hall–Kier alpha value is -0.120. The van der Waals surface area contributed by atoms with Crippen LogP contribution >= 0.6 is 0 Å². The molecule has 0 radical (unpaired) electrons. The summed E-state index contributed by atoms with van der Waals surface area (Å²) in [5, 5.41) is 0. The maximum atomic E-state index is 5.98. The van der Waals surface area contributed by atoms with Crippen LogP contribution in [0.1, 0.15) is 33.1 Å². The molecule has 1 aliphatic heterocycles. The molecule has 1 rings (SSSR count). The zero-order valence-electron chi connectivity index (χ0n) is 11.5. The van der Waals surface area contributed by atoms with E-state index in [4.69, 9.17) is 5.73 Å². The van der Waals surface area contributed by atoms with Crippen molar-refractivity contribution in [1.29, 1.82) is 0 Å². The van der Waals surface area contributed by atoms with Gasteiger partial charge < -0.3 is 15.5 Å². The molecule has 1 saturated heterocycles. The lowest BCUT2D eigenvalue weighted by molar-refractivity contribution is 0.261. The summed E-state index contributed by atoms with van der Waals surface area (Å²) < 4.78 is 0. The van der Waals surface area contributed by atoms with Crippen LogP contribution < -0.4 is 5.73 Å². The lowest BCUT2D eigenvalue weighted by Gasteiger charge is -2.23. The third-order valence-corrected chi connectivity index (χ3v) is 3.42. The Morgan fingerprint density at radius 3 is 2.62 bits per heavy atom. The maximum absolute atomic E-state index is 5.98. The first-order chi connectivity index (χ1) is 7.37. The van der Waals surface area contributed by atoms with E-state index in [-0.39, 0.29) is 5.54 Å². The van der Waals surface area contributed by atoms with Crippen molar-refractivity contribution in [2.75, 3.05) is 40.3 Å². The van der Waals surface area contributed by atoms with Crippen LogP contribution in [0.4, 0.5) is 0 Å². The molecule has 0 bridgehead atoms. The highest BCUT2D eigenvalue weighted by Crippen LogP contribution is 2.15. The van der Waals surface area contributed by atoms with Crippen LogP contribution in [0.15, 0.2) is 0 Å². The third kappa shape index (κ3) is 5.83. The van der Waals surface area contributed by atoms with Crippen molar-refractivity contribution in [3.05, 3.63) is 0 Å². The molecule has 1 fully saturated rings. The van der Waals surface area contributed by atoms with Crippen LogP contribution in [0.2, 0.25) is 0 Å². The van der Waals surface area contributed by atoms with Gasteiger partial charge in [0.2, 0.25) is 0 Å². The van der Waals surface area contributed by atoms with Crippen LogP contribution in [0.5, 0.6) is 0 Å². The Balaban J connectivity index is 2.09. The van der Waals surface area contributed by atoms with Gasteiger partial charge in [-0.05, 0) is 66.2 Å². The van der Waals surface area contributed by atoms with E-state index in [0.717, 1.165) is 12.3 Å². The van der Waals surface area contributed by atoms with Crippen LogP contribution in [0.3, 0.4) is 0 Å². The van der Waals surface area contributed by atoms with E-state index in [1.54, 1.807) is 0 Å². The largest absolute Gasteiger partial charge is 0.326 e. The average molecular weight is 227 g/mol. The second kappa shape index (κ2) is 5.99. The molecule has 1 heterocycles.